The molecule has 3 aromatic carbocycles. The van der Waals surface area contributed by atoms with Crippen LogP contribution < -0.4 is 4.74 Å². The van der Waals surface area contributed by atoms with Gasteiger partial charge in [-0.2, -0.15) is 0 Å². The van der Waals surface area contributed by atoms with E-state index in [0.717, 1.165) is 34.4 Å². The fraction of sp³-hybridized carbons (Fsp3) is 0.0769. The second-order valence-corrected chi connectivity index (χ2v) is 7.16. The third-order valence-corrected chi connectivity index (χ3v) is 5.13. The van der Waals surface area contributed by atoms with E-state index in [0.29, 0.717) is 12.5 Å². The fourth-order valence-corrected chi connectivity index (χ4v) is 3.66. The Hall–Kier alpha value is -3.92. The van der Waals surface area contributed by atoms with Crippen LogP contribution in [0.4, 0.5) is 0 Å². The van der Waals surface area contributed by atoms with Crippen LogP contribution in [0.5, 0.6) is 5.88 Å². The molecule has 0 aliphatic carbocycles. The predicted molar refractivity (Wildman–Crippen MR) is 119 cm³/mol. The molecule has 4 nitrogen and oxygen atoms in total. The summed E-state index contributed by atoms with van der Waals surface area (Å²) >= 11 is 0. The van der Waals surface area contributed by atoms with Gasteiger partial charge in [-0.15, -0.1) is 0 Å². The summed E-state index contributed by atoms with van der Waals surface area (Å²) in [5, 5.41) is 0.920. The molecular formula is C26H21N3O. The Morgan fingerprint density at radius 1 is 0.700 bits per heavy atom. The van der Waals surface area contributed by atoms with Crippen LogP contribution in [-0.2, 0) is 13.2 Å². The highest BCUT2D eigenvalue weighted by Crippen LogP contribution is 2.32. The van der Waals surface area contributed by atoms with Crippen molar-refractivity contribution in [2.24, 2.45) is 0 Å². The molecule has 0 saturated carbocycles. The highest BCUT2D eigenvalue weighted by atomic mass is 16.5. The van der Waals surface area contributed by atoms with E-state index >= 15 is 0 Å². The largest absolute Gasteiger partial charge is 0.472 e. The van der Waals surface area contributed by atoms with Crippen molar-refractivity contribution in [2.75, 3.05) is 0 Å². The van der Waals surface area contributed by atoms with Gasteiger partial charge in [-0.3, -0.25) is 0 Å². The van der Waals surface area contributed by atoms with Crippen LogP contribution in [-0.4, -0.2) is 14.5 Å². The number of aromatic nitrogens is 3. The van der Waals surface area contributed by atoms with Crippen LogP contribution in [0.3, 0.4) is 0 Å². The molecule has 0 unspecified atom stereocenters. The number of benzene rings is 3. The lowest BCUT2D eigenvalue weighted by Crippen LogP contribution is -2.03. The van der Waals surface area contributed by atoms with Crippen molar-refractivity contribution in [3.63, 3.8) is 0 Å². The summed E-state index contributed by atoms with van der Waals surface area (Å²) < 4.78 is 8.33. The van der Waals surface area contributed by atoms with Crippen molar-refractivity contribution < 1.29 is 4.74 Å². The molecular weight excluding hydrogens is 370 g/mol. The second kappa shape index (κ2) is 8.21. The van der Waals surface area contributed by atoms with Crippen LogP contribution in [0, 0.1) is 0 Å². The quantitative estimate of drug-likeness (QED) is 0.371. The van der Waals surface area contributed by atoms with Crippen molar-refractivity contribution in [3.8, 4) is 17.1 Å². The van der Waals surface area contributed by atoms with Gasteiger partial charge < -0.3 is 9.30 Å². The molecule has 0 aliphatic rings. The van der Waals surface area contributed by atoms with Gasteiger partial charge in [0.2, 0.25) is 5.88 Å². The Balaban J connectivity index is 1.59. The van der Waals surface area contributed by atoms with Crippen LogP contribution in [0.25, 0.3) is 22.3 Å². The number of hydrogen-bond acceptors (Lipinski definition) is 3. The minimum Gasteiger partial charge on any atom is -0.472 e. The summed E-state index contributed by atoms with van der Waals surface area (Å²) in [6.45, 7) is 1.20. The number of fused-ring (bicyclic) bond motifs is 1. The molecule has 0 saturated heterocycles. The molecule has 4 heteroatoms. The molecule has 0 bridgehead atoms. The minimum atomic E-state index is 0.470. The lowest BCUT2D eigenvalue weighted by atomic mass is 10.1. The summed E-state index contributed by atoms with van der Waals surface area (Å²) in [7, 11) is 0. The van der Waals surface area contributed by atoms with E-state index in [1.165, 1.54) is 5.56 Å². The molecule has 5 rings (SSSR count). The minimum absolute atomic E-state index is 0.470. The SMILES string of the molecule is c1ccc(COc2ncnc3c2cc(-c2ccccc2)n3Cc2ccccc2)cc1. The Labute approximate surface area is 175 Å². The average Bonchev–Trinajstić information content (AvgIpc) is 3.18. The van der Waals surface area contributed by atoms with Gasteiger partial charge in [0.15, 0.2) is 0 Å². The van der Waals surface area contributed by atoms with E-state index in [2.05, 4.69) is 69.1 Å². The highest BCUT2D eigenvalue weighted by Gasteiger charge is 2.16. The molecule has 146 valence electrons. The van der Waals surface area contributed by atoms with E-state index in [4.69, 9.17) is 4.74 Å². The zero-order valence-corrected chi connectivity index (χ0v) is 16.5. The summed E-state index contributed by atoms with van der Waals surface area (Å²) in [6, 6.07) is 33.1. The molecule has 0 radical (unpaired) electrons. The number of hydrogen-bond donors (Lipinski definition) is 0. The van der Waals surface area contributed by atoms with E-state index in [-0.39, 0.29) is 0 Å². The maximum atomic E-state index is 6.10. The Kier molecular flexibility index (Phi) is 4.96. The molecule has 0 aliphatic heterocycles. The van der Waals surface area contributed by atoms with E-state index < -0.39 is 0 Å². The summed E-state index contributed by atoms with van der Waals surface area (Å²) in [6.07, 6.45) is 1.58. The van der Waals surface area contributed by atoms with E-state index in [9.17, 15) is 0 Å². The van der Waals surface area contributed by atoms with Gasteiger partial charge in [-0.1, -0.05) is 91.0 Å². The van der Waals surface area contributed by atoms with Gasteiger partial charge in [0.25, 0.3) is 0 Å². The summed E-state index contributed by atoms with van der Waals surface area (Å²) in [5.41, 5.74) is 5.43. The molecule has 2 aromatic heterocycles. The normalized spacial score (nSPS) is 10.9. The molecule has 2 heterocycles. The first kappa shape index (κ1) is 18.1. The Bertz CT molecular complexity index is 1250. The van der Waals surface area contributed by atoms with Crippen LogP contribution in [0.1, 0.15) is 11.1 Å². The van der Waals surface area contributed by atoms with E-state index in [1.54, 1.807) is 6.33 Å². The van der Waals surface area contributed by atoms with Crippen molar-refractivity contribution in [1.82, 2.24) is 14.5 Å². The molecule has 30 heavy (non-hydrogen) atoms. The molecule has 5 aromatic rings. The van der Waals surface area contributed by atoms with E-state index in [1.807, 2.05) is 42.5 Å². The van der Waals surface area contributed by atoms with Crippen LogP contribution in [0.15, 0.2) is 103 Å². The Morgan fingerprint density at radius 2 is 1.33 bits per heavy atom. The summed E-state index contributed by atoms with van der Waals surface area (Å²) in [5.74, 6) is 0.604. The monoisotopic (exact) mass is 391 g/mol. The topological polar surface area (TPSA) is 39.9 Å². The van der Waals surface area contributed by atoms with Crippen molar-refractivity contribution in [2.45, 2.75) is 13.2 Å². The van der Waals surface area contributed by atoms with Crippen molar-refractivity contribution >= 4 is 11.0 Å². The molecule has 0 N–H and O–H groups in total. The average molecular weight is 391 g/mol. The van der Waals surface area contributed by atoms with Crippen molar-refractivity contribution in [1.29, 1.82) is 0 Å². The third-order valence-electron chi connectivity index (χ3n) is 5.13. The van der Waals surface area contributed by atoms with Gasteiger partial charge in [-0.25, -0.2) is 9.97 Å². The zero-order valence-electron chi connectivity index (χ0n) is 16.5. The van der Waals surface area contributed by atoms with Gasteiger partial charge in [0, 0.05) is 6.54 Å². The van der Waals surface area contributed by atoms with Gasteiger partial charge in [0.05, 0.1) is 11.1 Å². The lowest BCUT2D eigenvalue weighted by molar-refractivity contribution is 0.297. The first-order valence-corrected chi connectivity index (χ1v) is 9.99. The van der Waals surface area contributed by atoms with Crippen LogP contribution in [0.2, 0.25) is 0 Å². The van der Waals surface area contributed by atoms with Gasteiger partial charge in [0.1, 0.15) is 18.6 Å². The third kappa shape index (κ3) is 3.67. The van der Waals surface area contributed by atoms with Crippen molar-refractivity contribution in [3.05, 3.63) is 115 Å². The molecule has 0 amide bonds. The zero-order chi connectivity index (χ0) is 20.2. The summed E-state index contributed by atoms with van der Waals surface area (Å²) in [4.78, 5) is 9.04. The smallest absolute Gasteiger partial charge is 0.226 e. The first-order valence-electron chi connectivity index (χ1n) is 9.99. The molecule has 0 fully saturated rings. The number of nitrogens with zero attached hydrogens (tertiary/aromatic N) is 3. The number of rotatable bonds is 6. The number of ether oxygens (including phenoxy) is 1. The van der Waals surface area contributed by atoms with Gasteiger partial charge >= 0.3 is 0 Å². The van der Waals surface area contributed by atoms with Gasteiger partial charge in [-0.05, 0) is 22.8 Å². The maximum absolute atomic E-state index is 6.10. The fourth-order valence-electron chi connectivity index (χ4n) is 3.66. The highest BCUT2D eigenvalue weighted by molar-refractivity contribution is 5.88. The Morgan fingerprint density at radius 3 is 2.03 bits per heavy atom. The molecule has 0 atom stereocenters. The second-order valence-electron chi connectivity index (χ2n) is 7.16. The van der Waals surface area contributed by atoms with Crippen LogP contribution >= 0.6 is 0 Å². The molecule has 0 spiro atoms. The maximum Gasteiger partial charge on any atom is 0.226 e. The lowest BCUT2D eigenvalue weighted by Gasteiger charge is -2.11. The predicted octanol–water partition coefficient (Wildman–Crippen LogP) is 5.73. The standard InChI is InChI=1S/C26H21N3O/c1-4-10-20(11-5-1)17-29-24(22-14-8-3-9-15-22)16-23-25(29)27-19-28-26(23)30-18-21-12-6-2-7-13-21/h1-16,19H,17-18H2. The first-order chi connectivity index (χ1) is 14.9.